The zero-order valence-corrected chi connectivity index (χ0v) is 12.5. The smallest absolute Gasteiger partial charge is 0.412 e. The minimum atomic E-state index is -3.54. The van der Waals surface area contributed by atoms with E-state index in [0.29, 0.717) is 0 Å². The quantitative estimate of drug-likeness (QED) is 0.755. The molecule has 0 saturated heterocycles. The number of amides is 1. The van der Waals surface area contributed by atoms with Gasteiger partial charge in [0.15, 0.2) is 0 Å². The number of alkyl carbamates (subject to hydrolysis) is 1. The summed E-state index contributed by atoms with van der Waals surface area (Å²) in [6.45, 7) is 12.4. The first-order valence-corrected chi connectivity index (χ1v) is 7.27. The van der Waals surface area contributed by atoms with Crippen molar-refractivity contribution in [1.82, 2.24) is 5.32 Å². The van der Waals surface area contributed by atoms with Gasteiger partial charge in [0.1, 0.15) is 11.0 Å². The van der Waals surface area contributed by atoms with E-state index in [1.807, 2.05) is 0 Å². The molecule has 0 aliphatic rings. The highest BCUT2D eigenvalue weighted by Gasteiger charge is 2.30. The number of ether oxygens (including phenoxy) is 1. The average Bonchev–Trinajstić information content (AvgIpc) is 2.14. The molecule has 7 heteroatoms. The third-order valence-corrected chi connectivity index (χ3v) is 3.54. The topological polar surface area (TPSA) is 73.9 Å². The maximum Gasteiger partial charge on any atom is 0.412 e. The lowest BCUT2D eigenvalue weighted by Crippen LogP contribution is -2.32. The number of carbonyl (C=O) groups is 1. The Hall–Kier alpha value is -0.840. The van der Waals surface area contributed by atoms with E-state index in [1.54, 1.807) is 34.6 Å². The third-order valence-electron chi connectivity index (χ3n) is 1.57. The summed E-state index contributed by atoms with van der Waals surface area (Å²) in [5.74, 6) is 0. The second-order valence-electron chi connectivity index (χ2n) is 4.41. The van der Waals surface area contributed by atoms with Crippen LogP contribution in [0, 0.1) is 0 Å². The monoisotopic (exact) mass is 279 g/mol. The van der Waals surface area contributed by atoms with Crippen LogP contribution < -0.4 is 5.32 Å². The normalized spacial score (nSPS) is 12.1. The van der Waals surface area contributed by atoms with Gasteiger partial charge in [-0.25, -0.2) is 4.79 Å². The summed E-state index contributed by atoms with van der Waals surface area (Å²) in [5, 5.41) is 2.28. The van der Waals surface area contributed by atoms with Crippen LogP contribution in [0.2, 0.25) is 0 Å². The average molecular weight is 279 g/mol. The van der Waals surface area contributed by atoms with Crippen molar-refractivity contribution in [3.63, 3.8) is 0 Å². The fraction of sp³-hybridized carbons (Fsp3) is 0.727. The molecule has 106 valence electrons. The Balaban J connectivity index is 4.62. The molecule has 1 N–H and O–H groups in total. The Morgan fingerprint density at radius 3 is 2.00 bits per heavy atom. The highest BCUT2D eigenvalue weighted by molar-refractivity contribution is 7.58. The summed E-state index contributed by atoms with van der Waals surface area (Å²) in [4.78, 5) is 11.5. The molecule has 6 nitrogen and oxygen atoms in total. The van der Waals surface area contributed by atoms with Crippen molar-refractivity contribution in [3.8, 4) is 0 Å². The summed E-state index contributed by atoms with van der Waals surface area (Å²) in [7, 11) is -3.54. The summed E-state index contributed by atoms with van der Waals surface area (Å²) in [5.41, 5.74) is -0.772. The Kier molecular flexibility index (Phi) is 6.60. The van der Waals surface area contributed by atoms with Gasteiger partial charge in [-0.05, 0) is 34.6 Å². The van der Waals surface area contributed by atoms with Crippen LogP contribution in [0.25, 0.3) is 0 Å². The highest BCUT2D eigenvalue weighted by Crippen LogP contribution is 2.53. The Labute approximate surface area is 108 Å². The maximum atomic E-state index is 12.2. The fourth-order valence-corrected chi connectivity index (χ4v) is 2.32. The molecule has 0 bridgehead atoms. The van der Waals surface area contributed by atoms with Crippen LogP contribution in [0.4, 0.5) is 4.79 Å². The van der Waals surface area contributed by atoms with Crippen LogP contribution in [-0.2, 0) is 18.3 Å². The molecule has 0 heterocycles. The van der Waals surface area contributed by atoms with Gasteiger partial charge in [0.2, 0.25) is 0 Å². The largest absolute Gasteiger partial charge is 0.444 e. The van der Waals surface area contributed by atoms with Crippen molar-refractivity contribution in [2.24, 2.45) is 0 Å². The first-order valence-electron chi connectivity index (χ1n) is 5.73. The predicted octanol–water partition coefficient (Wildman–Crippen LogP) is 3.25. The highest BCUT2D eigenvalue weighted by atomic mass is 31.2. The molecule has 0 saturated carbocycles. The number of rotatable bonds is 6. The molecule has 0 aromatic heterocycles. The standard InChI is InChI=1S/C11H22NO5P/c1-7-15-18(14,16-8-2)9(3)12-10(13)17-11(4,5)6/h3,7-8H2,1-2,4-6H3,(H,12,13). The second-order valence-corrected chi connectivity index (χ2v) is 6.46. The molecule has 0 unspecified atom stereocenters. The first-order chi connectivity index (χ1) is 8.14. The van der Waals surface area contributed by atoms with Gasteiger partial charge >= 0.3 is 13.7 Å². The molecular formula is C11H22NO5P. The summed E-state index contributed by atoms with van der Waals surface area (Å²) >= 11 is 0. The van der Waals surface area contributed by atoms with E-state index in [9.17, 15) is 9.36 Å². The third kappa shape index (κ3) is 6.19. The van der Waals surface area contributed by atoms with E-state index >= 15 is 0 Å². The lowest BCUT2D eigenvalue weighted by atomic mass is 10.2. The lowest BCUT2D eigenvalue weighted by molar-refractivity contribution is 0.0546. The van der Waals surface area contributed by atoms with Crippen LogP contribution in [0.5, 0.6) is 0 Å². The van der Waals surface area contributed by atoms with Crippen molar-refractivity contribution in [2.45, 2.75) is 40.2 Å². The van der Waals surface area contributed by atoms with Gasteiger partial charge in [-0.2, -0.15) is 0 Å². The SMILES string of the molecule is C=C(NC(=O)OC(C)(C)C)P(=O)(OCC)OCC. The zero-order valence-electron chi connectivity index (χ0n) is 11.6. The van der Waals surface area contributed by atoms with Crippen molar-refractivity contribution in [1.29, 1.82) is 0 Å². The van der Waals surface area contributed by atoms with Crippen molar-refractivity contribution >= 4 is 13.7 Å². The molecule has 0 rings (SSSR count). The molecule has 1 amide bonds. The number of carbonyl (C=O) groups excluding carboxylic acids is 1. The maximum absolute atomic E-state index is 12.2. The van der Waals surface area contributed by atoms with E-state index in [-0.39, 0.29) is 18.7 Å². The van der Waals surface area contributed by atoms with E-state index in [4.69, 9.17) is 13.8 Å². The Morgan fingerprint density at radius 2 is 1.67 bits per heavy atom. The van der Waals surface area contributed by atoms with Gasteiger partial charge in [-0.15, -0.1) is 0 Å². The van der Waals surface area contributed by atoms with Crippen LogP contribution in [-0.4, -0.2) is 24.9 Å². The van der Waals surface area contributed by atoms with Gasteiger partial charge in [0, 0.05) is 0 Å². The first kappa shape index (κ1) is 17.2. The molecule has 0 atom stereocenters. The Bertz CT molecular complexity index is 338. The molecule has 0 spiro atoms. The van der Waals surface area contributed by atoms with Gasteiger partial charge < -0.3 is 13.8 Å². The number of hydrogen-bond donors (Lipinski definition) is 1. The lowest BCUT2D eigenvalue weighted by Gasteiger charge is -2.23. The van der Waals surface area contributed by atoms with E-state index in [2.05, 4.69) is 11.9 Å². The molecular weight excluding hydrogens is 257 g/mol. The number of nitrogens with one attached hydrogen (secondary N) is 1. The summed E-state index contributed by atoms with van der Waals surface area (Å²) in [6, 6.07) is 0. The summed E-state index contributed by atoms with van der Waals surface area (Å²) < 4.78 is 27.3. The second kappa shape index (κ2) is 6.92. The van der Waals surface area contributed by atoms with E-state index in [0.717, 1.165) is 0 Å². The van der Waals surface area contributed by atoms with Gasteiger partial charge in [0.25, 0.3) is 0 Å². The molecule has 18 heavy (non-hydrogen) atoms. The minimum absolute atomic E-state index is 0.125. The van der Waals surface area contributed by atoms with Crippen molar-refractivity contribution in [2.75, 3.05) is 13.2 Å². The van der Waals surface area contributed by atoms with E-state index in [1.165, 1.54) is 0 Å². The zero-order chi connectivity index (χ0) is 14.4. The van der Waals surface area contributed by atoms with Crippen LogP contribution in [0.15, 0.2) is 12.0 Å². The molecule has 0 radical (unpaired) electrons. The molecule has 0 aromatic carbocycles. The minimum Gasteiger partial charge on any atom is -0.444 e. The molecule has 0 aliphatic heterocycles. The number of hydrogen-bond acceptors (Lipinski definition) is 5. The molecule has 0 aromatic rings. The van der Waals surface area contributed by atoms with Crippen molar-refractivity contribution < 1.29 is 23.1 Å². The van der Waals surface area contributed by atoms with Crippen LogP contribution in [0.1, 0.15) is 34.6 Å². The van der Waals surface area contributed by atoms with Gasteiger partial charge in [-0.3, -0.25) is 9.88 Å². The Morgan fingerprint density at radius 1 is 1.22 bits per heavy atom. The predicted molar refractivity (Wildman–Crippen MR) is 69.4 cm³/mol. The van der Waals surface area contributed by atoms with E-state index < -0.39 is 19.3 Å². The molecule has 0 aliphatic carbocycles. The van der Waals surface area contributed by atoms with Crippen molar-refractivity contribution in [3.05, 3.63) is 12.0 Å². The molecule has 0 fully saturated rings. The van der Waals surface area contributed by atoms with Gasteiger partial charge in [-0.1, -0.05) is 6.58 Å². The van der Waals surface area contributed by atoms with Crippen LogP contribution in [0.3, 0.4) is 0 Å². The van der Waals surface area contributed by atoms with Crippen LogP contribution >= 0.6 is 7.60 Å². The summed E-state index contributed by atoms with van der Waals surface area (Å²) in [6.07, 6.45) is -0.743. The van der Waals surface area contributed by atoms with Gasteiger partial charge in [0.05, 0.1) is 13.2 Å². The fourth-order valence-electron chi connectivity index (χ4n) is 1.02.